The third kappa shape index (κ3) is 10.2. The number of pyridine rings is 2. The maximum atomic E-state index is 5.16. The molecule has 2 fully saturated rings. The van der Waals surface area contributed by atoms with Gasteiger partial charge in [0.2, 0.25) is 0 Å². The molecule has 530 valence electrons. The fraction of sp³-hybridized carbons (Fsp3) is 0.176. The lowest BCUT2D eigenvalue weighted by molar-refractivity contribution is 0.444. The third-order valence-electron chi connectivity index (χ3n) is 25.7. The molecule has 0 unspecified atom stereocenters. The van der Waals surface area contributed by atoms with E-state index in [1.54, 1.807) is 0 Å². The van der Waals surface area contributed by atoms with Crippen LogP contribution in [0.3, 0.4) is 0 Å². The molecule has 2 saturated carbocycles. The molecule has 110 heavy (non-hydrogen) atoms. The minimum absolute atomic E-state index is 0.234. The number of hydrogen-bond acceptors (Lipinski definition) is 4. The molecular formula is C102H84BN7. The Morgan fingerprint density at radius 2 is 0.745 bits per heavy atom. The first-order chi connectivity index (χ1) is 54.2. The molecule has 7 heterocycles. The van der Waals surface area contributed by atoms with Crippen molar-refractivity contribution in [3.05, 3.63) is 314 Å². The quantitative estimate of drug-likeness (QED) is 0.121. The molecule has 2 aliphatic heterocycles. The smallest absolute Gasteiger partial charge is 0.252 e. The van der Waals surface area contributed by atoms with Gasteiger partial charge in [-0.1, -0.05) is 230 Å². The summed E-state index contributed by atoms with van der Waals surface area (Å²) in [6.45, 7) is 8.89. The number of aromatic nitrogens is 5. The molecule has 0 saturated heterocycles. The second kappa shape index (κ2) is 25.7. The second-order valence-electron chi connectivity index (χ2n) is 32.4. The van der Waals surface area contributed by atoms with Gasteiger partial charge in [-0.05, 0) is 226 Å². The van der Waals surface area contributed by atoms with Crippen LogP contribution in [0.15, 0.2) is 291 Å². The summed E-state index contributed by atoms with van der Waals surface area (Å²) in [6, 6.07) is 108. The van der Waals surface area contributed by atoms with E-state index >= 15 is 0 Å². The molecule has 4 aliphatic rings. The van der Waals surface area contributed by atoms with Crippen LogP contribution in [0, 0.1) is 0 Å². The minimum atomic E-state index is -0.234. The standard InChI is InChI=1S/C102H84BN7/c1-63(2)65-36-40-68(41-37-65)72-45-50-81-82-51-46-73(69-42-38-66(39-43-69)64(3)4)58-96(82)107(95(81)57-72)76-61-99-101-100(62-76)110(93-35-17-31-89-85(93)29-19-55-105-89)98-60-75(108-91-33-14-12-25-79(91)83-27-15-26-77(102(83)108)70-22-9-6-10-23-70)48-53-87(98)103(101)86-52-47-74(59-97(86)109(99)92-34-16-30-88-84(92)28-18-54-104-88)106-90-32-13-11-24-78(90)80-49-44-71(56-94(80)106)67-20-7-5-8-21-67/h11-19,24-64,67,70H,5-10,20-23H2,1-4H3. The second-order valence-corrected chi connectivity index (χ2v) is 32.4. The van der Waals surface area contributed by atoms with Gasteiger partial charge in [-0.2, -0.15) is 0 Å². The van der Waals surface area contributed by atoms with E-state index in [1.807, 2.05) is 12.4 Å². The van der Waals surface area contributed by atoms with E-state index in [2.05, 4.69) is 330 Å². The van der Waals surface area contributed by atoms with Gasteiger partial charge in [0.1, 0.15) is 0 Å². The summed E-state index contributed by atoms with van der Waals surface area (Å²) in [6.07, 6.45) is 16.5. The van der Waals surface area contributed by atoms with Crippen LogP contribution in [0.2, 0.25) is 0 Å². The first kappa shape index (κ1) is 64.9. The molecule has 0 N–H and O–H groups in total. The zero-order valence-corrected chi connectivity index (χ0v) is 62.8. The Balaban J connectivity index is 0.880. The Morgan fingerprint density at radius 3 is 1.30 bits per heavy atom. The fourth-order valence-corrected chi connectivity index (χ4v) is 20.2. The summed E-state index contributed by atoms with van der Waals surface area (Å²) in [5.74, 6) is 1.86. The lowest BCUT2D eigenvalue weighted by Crippen LogP contribution is -2.61. The number of benzene rings is 13. The van der Waals surface area contributed by atoms with Crippen molar-refractivity contribution in [2.24, 2.45) is 0 Å². The molecule has 0 bridgehead atoms. The van der Waals surface area contributed by atoms with E-state index in [0.29, 0.717) is 23.7 Å². The highest BCUT2D eigenvalue weighted by atomic mass is 15.2. The van der Waals surface area contributed by atoms with E-state index in [4.69, 9.17) is 9.97 Å². The van der Waals surface area contributed by atoms with Gasteiger partial charge in [0.05, 0.1) is 61.2 Å². The Kier molecular flexibility index (Phi) is 15.2. The average Bonchev–Trinajstić information content (AvgIpc) is 0.832. The van der Waals surface area contributed by atoms with Gasteiger partial charge >= 0.3 is 0 Å². The van der Waals surface area contributed by atoms with Gasteiger partial charge < -0.3 is 23.5 Å². The summed E-state index contributed by atoms with van der Waals surface area (Å²) in [4.78, 5) is 15.6. The Bertz CT molecular complexity index is 6660. The summed E-state index contributed by atoms with van der Waals surface area (Å²) < 4.78 is 7.84. The van der Waals surface area contributed by atoms with Crippen molar-refractivity contribution in [2.75, 3.05) is 9.80 Å². The first-order valence-electron chi connectivity index (χ1n) is 40.3. The van der Waals surface area contributed by atoms with Crippen molar-refractivity contribution in [1.82, 2.24) is 23.7 Å². The van der Waals surface area contributed by atoms with Crippen LogP contribution >= 0.6 is 0 Å². The zero-order valence-electron chi connectivity index (χ0n) is 62.8. The summed E-state index contributed by atoms with van der Waals surface area (Å²) in [5, 5.41) is 9.68. The van der Waals surface area contributed by atoms with Crippen molar-refractivity contribution in [3.63, 3.8) is 0 Å². The monoisotopic (exact) mass is 1420 g/mol. The zero-order chi connectivity index (χ0) is 73.0. The largest absolute Gasteiger partial charge is 0.311 e. The molecule has 8 heteroatoms. The molecule has 13 aromatic carbocycles. The summed E-state index contributed by atoms with van der Waals surface area (Å²) in [5.41, 5.74) is 33.1. The number of fused-ring (bicyclic) bond motifs is 15. The van der Waals surface area contributed by atoms with E-state index in [9.17, 15) is 0 Å². The molecular weight excluding hydrogens is 1330 g/mol. The van der Waals surface area contributed by atoms with Gasteiger partial charge in [0.15, 0.2) is 0 Å². The van der Waals surface area contributed by atoms with Crippen LogP contribution in [0.25, 0.3) is 127 Å². The van der Waals surface area contributed by atoms with Crippen LogP contribution in [0.5, 0.6) is 0 Å². The normalized spacial score (nSPS) is 14.8. The van der Waals surface area contributed by atoms with Crippen LogP contribution in [-0.2, 0) is 0 Å². The molecule has 0 spiro atoms. The van der Waals surface area contributed by atoms with Gasteiger partial charge in [-0.3, -0.25) is 9.97 Å². The molecule has 0 amide bonds. The molecule has 0 radical (unpaired) electrons. The van der Waals surface area contributed by atoms with Crippen molar-refractivity contribution in [1.29, 1.82) is 0 Å². The van der Waals surface area contributed by atoms with Gasteiger partial charge in [0.25, 0.3) is 6.71 Å². The van der Waals surface area contributed by atoms with Gasteiger partial charge in [-0.15, -0.1) is 0 Å². The highest BCUT2D eigenvalue weighted by molar-refractivity contribution is 7.00. The van der Waals surface area contributed by atoms with Crippen molar-refractivity contribution >= 4 is 144 Å². The van der Waals surface area contributed by atoms with E-state index in [-0.39, 0.29) is 6.71 Å². The van der Waals surface area contributed by atoms with Crippen molar-refractivity contribution < 1.29 is 0 Å². The predicted octanol–water partition coefficient (Wildman–Crippen LogP) is 25.8. The predicted molar refractivity (Wildman–Crippen MR) is 465 cm³/mol. The Hall–Kier alpha value is -12.3. The van der Waals surface area contributed by atoms with Crippen molar-refractivity contribution in [2.45, 2.75) is 116 Å². The topological polar surface area (TPSA) is 47.1 Å². The maximum Gasteiger partial charge on any atom is 0.252 e. The maximum absolute atomic E-state index is 5.16. The van der Waals surface area contributed by atoms with Crippen LogP contribution in [-0.4, -0.2) is 30.4 Å². The van der Waals surface area contributed by atoms with E-state index in [1.165, 1.54) is 179 Å². The number of rotatable bonds is 11. The average molecular weight is 1420 g/mol. The number of para-hydroxylation sites is 3. The highest BCUT2D eigenvalue weighted by Gasteiger charge is 2.45. The molecule has 7 nitrogen and oxygen atoms in total. The van der Waals surface area contributed by atoms with Gasteiger partial charge in [-0.25, -0.2) is 0 Å². The SMILES string of the molecule is CC(C)c1ccc(-c2ccc3c4ccc(-c5ccc(C(C)C)cc5)cc4n(-c4cc5c6c(c4)N(c4cccc7ncccc47)c4cc(-n7c8ccccc8c8cccc(C9CCCCC9)c87)ccc4B6c4ccc(-n6c7ccccc7c7ccc(C8CCCCC8)cc76)cc4N5c4cccc5ncccc45)c3c2)cc1. The molecule has 22 rings (SSSR count). The summed E-state index contributed by atoms with van der Waals surface area (Å²) in [7, 11) is 0. The fourth-order valence-electron chi connectivity index (χ4n) is 20.2. The first-order valence-corrected chi connectivity index (χ1v) is 40.3. The van der Waals surface area contributed by atoms with Crippen LogP contribution in [0.4, 0.5) is 34.1 Å². The minimum Gasteiger partial charge on any atom is -0.311 e. The lowest BCUT2D eigenvalue weighted by atomic mass is 9.33. The highest BCUT2D eigenvalue weighted by Crippen LogP contribution is 2.52. The molecule has 0 atom stereocenters. The van der Waals surface area contributed by atoms with Crippen LogP contribution < -0.4 is 26.2 Å². The number of hydrogen-bond donors (Lipinski definition) is 0. The summed E-state index contributed by atoms with van der Waals surface area (Å²) >= 11 is 0. The lowest BCUT2D eigenvalue weighted by Gasteiger charge is -2.45. The van der Waals surface area contributed by atoms with Crippen molar-refractivity contribution in [3.8, 4) is 39.3 Å². The van der Waals surface area contributed by atoms with E-state index in [0.717, 1.165) is 84.0 Å². The number of anilines is 6. The van der Waals surface area contributed by atoms with E-state index < -0.39 is 0 Å². The molecule has 5 aromatic heterocycles. The van der Waals surface area contributed by atoms with Gasteiger partial charge in [0, 0.05) is 89.6 Å². The molecule has 18 aromatic rings. The number of nitrogens with zero attached hydrogens (tertiary/aromatic N) is 7. The third-order valence-corrected chi connectivity index (χ3v) is 25.7. The Morgan fingerprint density at radius 1 is 0.309 bits per heavy atom. The Labute approximate surface area is 642 Å². The van der Waals surface area contributed by atoms with Crippen LogP contribution in [0.1, 0.15) is 138 Å². The molecule has 2 aliphatic carbocycles.